The molecule has 0 fully saturated rings. The lowest BCUT2D eigenvalue weighted by atomic mass is 9.74. The maximum atomic E-state index is 6.50. The van der Waals surface area contributed by atoms with E-state index in [1.807, 2.05) is 12.1 Å². The van der Waals surface area contributed by atoms with Crippen LogP contribution in [0.5, 0.6) is 11.5 Å². The average Bonchev–Trinajstić information content (AvgIpc) is 2.83. The van der Waals surface area contributed by atoms with Crippen molar-refractivity contribution in [1.29, 1.82) is 0 Å². The minimum atomic E-state index is -0.0987. The summed E-state index contributed by atoms with van der Waals surface area (Å²) in [5, 5.41) is 0.782. The summed E-state index contributed by atoms with van der Waals surface area (Å²) in [6, 6.07) is 19.1. The van der Waals surface area contributed by atoms with Gasteiger partial charge in [0.2, 0.25) is 0 Å². The van der Waals surface area contributed by atoms with E-state index in [0.29, 0.717) is 0 Å². The van der Waals surface area contributed by atoms with Crippen molar-refractivity contribution in [2.75, 3.05) is 0 Å². The lowest BCUT2D eigenvalue weighted by Crippen LogP contribution is -2.25. The molecule has 130 valence electrons. The monoisotopic (exact) mass is 360 g/mol. The molecule has 1 aliphatic heterocycles. The molecular formula is C24H21ClO. The fraction of sp³-hybridized carbons (Fsp3) is 0.250. The lowest BCUT2D eigenvalue weighted by molar-refractivity contribution is 0.419. The minimum absolute atomic E-state index is 0.0882. The maximum Gasteiger partial charge on any atom is 0.139 e. The Balaban J connectivity index is 1.85. The highest BCUT2D eigenvalue weighted by Crippen LogP contribution is 2.58. The van der Waals surface area contributed by atoms with E-state index < -0.39 is 0 Å². The van der Waals surface area contributed by atoms with Gasteiger partial charge < -0.3 is 4.74 Å². The van der Waals surface area contributed by atoms with Crippen molar-refractivity contribution < 1.29 is 4.74 Å². The number of halogens is 1. The van der Waals surface area contributed by atoms with Gasteiger partial charge in [-0.25, -0.2) is 0 Å². The van der Waals surface area contributed by atoms with E-state index in [9.17, 15) is 0 Å². The molecule has 2 aliphatic rings. The molecule has 3 aromatic carbocycles. The van der Waals surface area contributed by atoms with E-state index >= 15 is 0 Å². The van der Waals surface area contributed by atoms with E-state index in [4.69, 9.17) is 16.3 Å². The predicted octanol–water partition coefficient (Wildman–Crippen LogP) is 7.08. The van der Waals surface area contributed by atoms with Crippen molar-refractivity contribution in [1.82, 2.24) is 0 Å². The van der Waals surface area contributed by atoms with Crippen LogP contribution in [0.4, 0.5) is 0 Å². The van der Waals surface area contributed by atoms with Gasteiger partial charge in [0.05, 0.1) is 0 Å². The fourth-order valence-corrected chi connectivity index (χ4v) is 4.86. The molecule has 2 heteroatoms. The average molecular weight is 361 g/mol. The Hall–Kier alpha value is -2.25. The van der Waals surface area contributed by atoms with Gasteiger partial charge in [0.15, 0.2) is 0 Å². The number of benzene rings is 3. The molecule has 0 N–H and O–H groups in total. The second kappa shape index (κ2) is 4.92. The molecule has 0 saturated carbocycles. The maximum absolute atomic E-state index is 6.50. The standard InChI is InChI=1S/C24H21ClO/c1-23(2)16-7-5-6-8-20(16)26-22-18(23)12-11-17-21(22)15-10-9-14(25)13-19(15)24(17,3)4/h5-13H,1-4H3. The van der Waals surface area contributed by atoms with Gasteiger partial charge in [0, 0.05) is 32.5 Å². The molecule has 0 saturated heterocycles. The highest BCUT2D eigenvalue weighted by molar-refractivity contribution is 6.30. The predicted molar refractivity (Wildman–Crippen MR) is 108 cm³/mol. The third-order valence-electron chi connectivity index (χ3n) is 6.20. The summed E-state index contributed by atoms with van der Waals surface area (Å²) in [5.74, 6) is 1.96. The summed E-state index contributed by atoms with van der Waals surface area (Å²) >= 11 is 6.32. The Kier molecular flexibility index (Phi) is 3.02. The summed E-state index contributed by atoms with van der Waals surface area (Å²) in [6.07, 6.45) is 0. The largest absolute Gasteiger partial charge is 0.456 e. The molecule has 1 heterocycles. The van der Waals surface area contributed by atoms with Crippen LogP contribution in [0.3, 0.4) is 0 Å². The van der Waals surface area contributed by atoms with Crippen molar-refractivity contribution in [2.45, 2.75) is 38.5 Å². The highest BCUT2D eigenvalue weighted by atomic mass is 35.5. The zero-order valence-corrected chi connectivity index (χ0v) is 16.2. The van der Waals surface area contributed by atoms with Crippen LogP contribution in [-0.4, -0.2) is 0 Å². The first-order chi connectivity index (χ1) is 12.3. The van der Waals surface area contributed by atoms with Crippen LogP contribution in [0.2, 0.25) is 5.02 Å². The molecule has 0 radical (unpaired) electrons. The molecular weight excluding hydrogens is 340 g/mol. The third kappa shape index (κ3) is 1.87. The van der Waals surface area contributed by atoms with Gasteiger partial charge in [0.1, 0.15) is 11.5 Å². The van der Waals surface area contributed by atoms with Gasteiger partial charge in [0.25, 0.3) is 0 Å². The Morgan fingerprint density at radius 2 is 1.42 bits per heavy atom. The van der Waals surface area contributed by atoms with Crippen LogP contribution in [-0.2, 0) is 10.8 Å². The van der Waals surface area contributed by atoms with Gasteiger partial charge in [-0.05, 0) is 34.9 Å². The molecule has 0 unspecified atom stereocenters. The number of hydrogen-bond acceptors (Lipinski definition) is 1. The highest BCUT2D eigenvalue weighted by Gasteiger charge is 2.42. The van der Waals surface area contributed by atoms with E-state index in [2.05, 4.69) is 70.2 Å². The van der Waals surface area contributed by atoms with Crippen LogP contribution in [0.1, 0.15) is 49.9 Å². The van der Waals surface area contributed by atoms with E-state index in [1.165, 1.54) is 33.4 Å². The van der Waals surface area contributed by atoms with Crippen LogP contribution in [0.15, 0.2) is 54.6 Å². The minimum Gasteiger partial charge on any atom is -0.456 e. The van der Waals surface area contributed by atoms with E-state index in [1.54, 1.807) is 0 Å². The first kappa shape index (κ1) is 16.0. The summed E-state index contributed by atoms with van der Waals surface area (Å²) in [7, 11) is 0. The summed E-state index contributed by atoms with van der Waals surface area (Å²) in [4.78, 5) is 0. The fourth-order valence-electron chi connectivity index (χ4n) is 4.69. The molecule has 0 spiro atoms. The zero-order valence-electron chi connectivity index (χ0n) is 15.5. The van der Waals surface area contributed by atoms with Crippen molar-refractivity contribution in [3.8, 4) is 22.6 Å². The van der Waals surface area contributed by atoms with Crippen LogP contribution in [0, 0.1) is 0 Å². The number of rotatable bonds is 0. The van der Waals surface area contributed by atoms with Crippen molar-refractivity contribution in [3.05, 3.63) is 81.9 Å². The summed E-state index contributed by atoms with van der Waals surface area (Å²) < 4.78 is 6.50. The van der Waals surface area contributed by atoms with Crippen molar-refractivity contribution in [2.24, 2.45) is 0 Å². The first-order valence-electron chi connectivity index (χ1n) is 9.07. The number of fused-ring (bicyclic) bond motifs is 6. The van der Waals surface area contributed by atoms with Gasteiger partial charge >= 0.3 is 0 Å². The zero-order chi connectivity index (χ0) is 18.3. The van der Waals surface area contributed by atoms with E-state index in [-0.39, 0.29) is 10.8 Å². The Labute approximate surface area is 159 Å². The second-order valence-electron chi connectivity index (χ2n) is 8.40. The quantitative estimate of drug-likeness (QED) is 0.416. The molecule has 1 nitrogen and oxygen atoms in total. The smallest absolute Gasteiger partial charge is 0.139 e. The second-order valence-corrected chi connectivity index (χ2v) is 8.84. The molecule has 5 rings (SSSR count). The Bertz CT molecular complexity index is 1080. The van der Waals surface area contributed by atoms with E-state index in [0.717, 1.165) is 16.5 Å². The van der Waals surface area contributed by atoms with Crippen LogP contribution in [0.25, 0.3) is 11.1 Å². The normalized spacial score (nSPS) is 17.6. The summed E-state index contributed by atoms with van der Waals surface area (Å²) in [6.45, 7) is 9.09. The molecule has 0 amide bonds. The van der Waals surface area contributed by atoms with Gasteiger partial charge in [-0.1, -0.05) is 75.7 Å². The van der Waals surface area contributed by atoms with Crippen molar-refractivity contribution in [3.63, 3.8) is 0 Å². The molecule has 0 bridgehead atoms. The SMILES string of the molecule is CC1(C)c2ccccc2Oc2c1ccc1c2-c2ccc(Cl)cc2C1(C)C. The van der Waals surface area contributed by atoms with Crippen LogP contribution < -0.4 is 4.74 Å². The third-order valence-corrected chi connectivity index (χ3v) is 6.44. The molecule has 26 heavy (non-hydrogen) atoms. The number of hydrogen-bond donors (Lipinski definition) is 0. The van der Waals surface area contributed by atoms with Gasteiger partial charge in [-0.3, -0.25) is 0 Å². The molecule has 0 atom stereocenters. The number of para-hydroxylation sites is 1. The first-order valence-corrected chi connectivity index (χ1v) is 9.45. The Morgan fingerprint density at radius 3 is 2.23 bits per heavy atom. The topological polar surface area (TPSA) is 9.23 Å². The molecule has 1 aliphatic carbocycles. The van der Waals surface area contributed by atoms with Crippen LogP contribution >= 0.6 is 11.6 Å². The van der Waals surface area contributed by atoms with Gasteiger partial charge in [-0.15, -0.1) is 0 Å². The number of ether oxygens (including phenoxy) is 1. The Morgan fingerprint density at radius 1 is 0.731 bits per heavy atom. The van der Waals surface area contributed by atoms with Gasteiger partial charge in [-0.2, -0.15) is 0 Å². The van der Waals surface area contributed by atoms with Crippen molar-refractivity contribution >= 4 is 11.6 Å². The summed E-state index contributed by atoms with van der Waals surface area (Å²) in [5.41, 5.74) is 7.34. The molecule has 0 aromatic heterocycles. The molecule has 3 aromatic rings. The lowest BCUT2D eigenvalue weighted by Gasteiger charge is -2.36.